The average Bonchev–Trinajstić information content (AvgIpc) is 3.07. The topological polar surface area (TPSA) is 77.4 Å². The molecule has 0 radical (unpaired) electrons. The molecule has 3 rings (SSSR count). The first-order chi connectivity index (χ1) is 16.0. The van der Waals surface area contributed by atoms with Gasteiger partial charge in [0.25, 0.3) is 5.91 Å². The van der Waals surface area contributed by atoms with Gasteiger partial charge in [0.05, 0.1) is 23.8 Å². The number of aryl methyl sites for hydroxylation is 1. The Morgan fingerprint density at radius 3 is 2.58 bits per heavy atom. The fourth-order valence-electron chi connectivity index (χ4n) is 3.17. The van der Waals surface area contributed by atoms with Crippen LogP contribution < -0.4 is 9.47 Å². The summed E-state index contributed by atoms with van der Waals surface area (Å²) in [4.78, 5) is 31.3. The van der Waals surface area contributed by atoms with Gasteiger partial charge in [-0.2, -0.15) is 0 Å². The Bertz CT molecular complexity index is 1080. The highest BCUT2D eigenvalue weighted by molar-refractivity contribution is 8.18. The Morgan fingerprint density at radius 1 is 1.06 bits per heavy atom. The summed E-state index contributed by atoms with van der Waals surface area (Å²) in [5.41, 5.74) is 2.77. The summed E-state index contributed by atoms with van der Waals surface area (Å²) in [6.07, 6.45) is 2.66. The van der Waals surface area contributed by atoms with E-state index in [2.05, 4.69) is 6.92 Å². The number of likely N-dealkylation sites (N-methyl/N-ethyl adjacent to an activating group) is 1. The van der Waals surface area contributed by atoms with Crippen LogP contribution in [-0.2, 0) is 20.7 Å². The van der Waals surface area contributed by atoms with E-state index < -0.39 is 5.97 Å². The highest BCUT2D eigenvalue weighted by atomic mass is 32.2. The standard InChI is InChI=1S/C25H28N2O5S/c1-5-18-10-8-9-11-19(18)26-25-27(4)24(29)22(33-25)15-17-12-13-20(21(14-17)30-6-2)32-16-23(28)31-7-3/h8-15H,5-7,16H2,1-4H3/b22-15+,26-25?. The molecule has 0 unspecified atom stereocenters. The van der Waals surface area contributed by atoms with Gasteiger partial charge in [-0.25, -0.2) is 9.79 Å². The molecule has 0 N–H and O–H groups in total. The molecule has 2 aromatic carbocycles. The quantitative estimate of drug-likeness (QED) is 0.388. The van der Waals surface area contributed by atoms with E-state index in [4.69, 9.17) is 19.2 Å². The van der Waals surface area contributed by atoms with Crippen molar-refractivity contribution in [1.29, 1.82) is 0 Å². The fraction of sp³-hybridized carbons (Fsp3) is 0.320. The van der Waals surface area contributed by atoms with Crippen molar-refractivity contribution >= 4 is 40.6 Å². The summed E-state index contributed by atoms with van der Waals surface area (Å²) in [5, 5.41) is 0.631. The molecule has 1 heterocycles. The number of ether oxygens (including phenoxy) is 3. The van der Waals surface area contributed by atoms with Gasteiger partial charge in [-0.3, -0.25) is 9.69 Å². The van der Waals surface area contributed by atoms with Crippen LogP contribution in [0.1, 0.15) is 31.9 Å². The smallest absolute Gasteiger partial charge is 0.344 e. The van der Waals surface area contributed by atoms with Crippen LogP contribution in [-0.4, -0.2) is 48.8 Å². The number of rotatable bonds is 9. The maximum Gasteiger partial charge on any atom is 0.344 e. The van der Waals surface area contributed by atoms with Gasteiger partial charge in [0.1, 0.15) is 0 Å². The monoisotopic (exact) mass is 468 g/mol. The van der Waals surface area contributed by atoms with E-state index in [1.165, 1.54) is 11.8 Å². The Labute approximate surface area is 198 Å². The van der Waals surface area contributed by atoms with Crippen molar-refractivity contribution in [2.45, 2.75) is 27.2 Å². The first-order valence-corrected chi connectivity index (χ1v) is 11.7. The van der Waals surface area contributed by atoms with Crippen LogP contribution in [0.3, 0.4) is 0 Å². The van der Waals surface area contributed by atoms with Crippen molar-refractivity contribution in [2.24, 2.45) is 4.99 Å². The van der Waals surface area contributed by atoms with Gasteiger partial charge in [0, 0.05) is 7.05 Å². The first-order valence-electron chi connectivity index (χ1n) is 10.9. The molecule has 1 aliphatic heterocycles. The van der Waals surface area contributed by atoms with Crippen LogP contribution >= 0.6 is 11.8 Å². The second-order valence-electron chi connectivity index (χ2n) is 7.08. The van der Waals surface area contributed by atoms with Gasteiger partial charge in [-0.1, -0.05) is 31.2 Å². The van der Waals surface area contributed by atoms with E-state index in [0.29, 0.717) is 34.8 Å². The van der Waals surface area contributed by atoms with Gasteiger partial charge in [0.15, 0.2) is 23.3 Å². The molecule has 1 amide bonds. The summed E-state index contributed by atoms with van der Waals surface area (Å²) in [5.74, 6) is 0.366. The lowest BCUT2D eigenvalue weighted by atomic mass is 10.1. The highest BCUT2D eigenvalue weighted by Gasteiger charge is 2.30. The zero-order valence-corrected chi connectivity index (χ0v) is 20.1. The van der Waals surface area contributed by atoms with Gasteiger partial charge in [-0.05, 0) is 67.4 Å². The molecule has 0 aromatic heterocycles. The molecule has 0 aliphatic carbocycles. The number of hydrogen-bond acceptors (Lipinski definition) is 7. The lowest BCUT2D eigenvalue weighted by Gasteiger charge is -2.12. The summed E-state index contributed by atoms with van der Waals surface area (Å²) < 4.78 is 16.1. The van der Waals surface area contributed by atoms with E-state index in [1.54, 1.807) is 37.1 Å². The fourth-order valence-corrected chi connectivity index (χ4v) is 4.15. The number of amides is 1. The highest BCUT2D eigenvalue weighted by Crippen LogP contribution is 2.35. The van der Waals surface area contributed by atoms with Gasteiger partial charge in [-0.15, -0.1) is 0 Å². The van der Waals surface area contributed by atoms with Gasteiger partial charge in [0.2, 0.25) is 0 Å². The first kappa shape index (κ1) is 24.4. The Hall–Kier alpha value is -3.26. The number of amidine groups is 1. The van der Waals surface area contributed by atoms with E-state index in [9.17, 15) is 9.59 Å². The second kappa shape index (κ2) is 11.6. The van der Waals surface area contributed by atoms with E-state index in [1.807, 2.05) is 37.3 Å². The SMILES string of the molecule is CCOC(=O)COc1ccc(/C=C2/SC(=Nc3ccccc3CC)N(C)C2=O)cc1OCC. The van der Waals surface area contributed by atoms with Crippen LogP contribution in [0, 0.1) is 0 Å². The molecule has 0 atom stereocenters. The third-order valence-electron chi connectivity index (χ3n) is 4.81. The molecule has 8 heteroatoms. The van der Waals surface area contributed by atoms with Crippen molar-refractivity contribution < 1.29 is 23.8 Å². The van der Waals surface area contributed by atoms with E-state index in [-0.39, 0.29) is 12.5 Å². The number of thioether (sulfide) groups is 1. The Balaban J connectivity index is 1.83. The van der Waals surface area contributed by atoms with Crippen molar-refractivity contribution in [2.75, 3.05) is 26.9 Å². The largest absolute Gasteiger partial charge is 0.490 e. The minimum atomic E-state index is -0.446. The van der Waals surface area contributed by atoms with Crippen molar-refractivity contribution in [3.05, 3.63) is 58.5 Å². The summed E-state index contributed by atoms with van der Waals surface area (Å²) in [7, 11) is 1.72. The van der Waals surface area contributed by atoms with Crippen LogP contribution in [0.2, 0.25) is 0 Å². The Morgan fingerprint density at radius 2 is 1.85 bits per heavy atom. The predicted molar refractivity (Wildman–Crippen MR) is 131 cm³/mol. The van der Waals surface area contributed by atoms with Crippen LogP contribution in [0.4, 0.5) is 5.69 Å². The number of aliphatic imine (C=N–C) groups is 1. The van der Waals surface area contributed by atoms with E-state index in [0.717, 1.165) is 23.2 Å². The molecule has 33 heavy (non-hydrogen) atoms. The molecule has 0 spiro atoms. The third kappa shape index (κ3) is 6.16. The lowest BCUT2D eigenvalue weighted by molar-refractivity contribution is -0.145. The molecule has 7 nitrogen and oxygen atoms in total. The zero-order chi connectivity index (χ0) is 23.8. The molecule has 174 valence electrons. The van der Waals surface area contributed by atoms with Crippen LogP contribution in [0.15, 0.2) is 52.4 Å². The number of esters is 1. The average molecular weight is 469 g/mol. The predicted octanol–water partition coefficient (Wildman–Crippen LogP) is 4.82. The molecular weight excluding hydrogens is 440 g/mol. The number of carbonyl (C=O) groups excluding carboxylic acids is 2. The summed E-state index contributed by atoms with van der Waals surface area (Å²) in [6, 6.07) is 13.2. The minimum absolute atomic E-state index is 0.117. The lowest BCUT2D eigenvalue weighted by Crippen LogP contribution is -2.23. The minimum Gasteiger partial charge on any atom is -0.490 e. The number of hydrogen-bond donors (Lipinski definition) is 0. The number of benzene rings is 2. The van der Waals surface area contributed by atoms with Crippen molar-refractivity contribution in [3.8, 4) is 11.5 Å². The van der Waals surface area contributed by atoms with Gasteiger partial charge < -0.3 is 14.2 Å². The maximum absolute atomic E-state index is 12.8. The Kier molecular flexibility index (Phi) is 8.54. The maximum atomic E-state index is 12.8. The van der Waals surface area contributed by atoms with Crippen molar-refractivity contribution in [1.82, 2.24) is 4.90 Å². The molecule has 2 aromatic rings. The van der Waals surface area contributed by atoms with E-state index >= 15 is 0 Å². The third-order valence-corrected chi connectivity index (χ3v) is 5.87. The molecule has 0 saturated carbocycles. The normalized spacial score (nSPS) is 15.9. The van der Waals surface area contributed by atoms with Crippen LogP contribution in [0.25, 0.3) is 6.08 Å². The van der Waals surface area contributed by atoms with Crippen LogP contribution in [0.5, 0.6) is 11.5 Å². The molecule has 1 saturated heterocycles. The van der Waals surface area contributed by atoms with Crippen molar-refractivity contribution in [3.63, 3.8) is 0 Å². The zero-order valence-electron chi connectivity index (χ0n) is 19.3. The van der Waals surface area contributed by atoms with Gasteiger partial charge >= 0.3 is 5.97 Å². The summed E-state index contributed by atoms with van der Waals surface area (Å²) >= 11 is 1.33. The molecule has 1 fully saturated rings. The number of para-hydroxylation sites is 1. The summed E-state index contributed by atoms with van der Waals surface area (Å²) in [6.45, 7) is 6.21. The number of carbonyl (C=O) groups is 2. The molecule has 0 bridgehead atoms. The molecular formula is C25H28N2O5S. The molecule has 1 aliphatic rings. The number of nitrogens with zero attached hydrogens (tertiary/aromatic N) is 2. The second-order valence-corrected chi connectivity index (χ2v) is 8.09.